The van der Waals surface area contributed by atoms with Crippen molar-refractivity contribution in [1.29, 1.82) is 0 Å². The first-order valence-corrected chi connectivity index (χ1v) is 24.7. The monoisotopic (exact) mass is 986 g/mol. The molecule has 0 atom stereocenters. The van der Waals surface area contributed by atoms with E-state index in [4.69, 9.17) is 9.97 Å². The SMILES string of the molecule is Brc1ccc(-n2c3ccccc3c3ccccc32)cc1.[B].c1ccc2c(c1)Cc1c-2nc2ccccn12.c1ccc2c(c1)c1ccccc1n2-c1ccc(-n2c3ccccc3c3nc4ccccn4c32)cc1. The van der Waals surface area contributed by atoms with E-state index < -0.39 is 0 Å². The lowest BCUT2D eigenvalue weighted by Crippen LogP contribution is -1.99. The van der Waals surface area contributed by atoms with E-state index in [1.807, 2.05) is 12.1 Å². The van der Waals surface area contributed by atoms with Crippen molar-refractivity contribution in [2.24, 2.45) is 0 Å². The van der Waals surface area contributed by atoms with Crippen molar-refractivity contribution in [1.82, 2.24) is 32.5 Å². The second-order valence-electron chi connectivity index (χ2n) is 18.0. The lowest BCUT2D eigenvalue weighted by atomic mass is 10.1. The van der Waals surface area contributed by atoms with Crippen molar-refractivity contribution in [3.63, 3.8) is 0 Å². The molecule has 339 valence electrons. The molecule has 7 nitrogen and oxygen atoms in total. The fourth-order valence-corrected chi connectivity index (χ4v) is 11.1. The molecule has 9 heteroatoms. The number of halogens is 1. The van der Waals surface area contributed by atoms with Crippen LogP contribution in [0.4, 0.5) is 0 Å². The summed E-state index contributed by atoms with van der Waals surface area (Å²) in [5.74, 6) is 0. The van der Waals surface area contributed by atoms with Crippen molar-refractivity contribution in [3.8, 4) is 28.3 Å². The predicted molar refractivity (Wildman–Crippen MR) is 302 cm³/mol. The van der Waals surface area contributed by atoms with Gasteiger partial charge in [0.2, 0.25) is 0 Å². The standard InChI is InChI=1S/C31H20N4.C18H12BrN.C14H10N2.B/c1-4-12-26-23(9-1)24-10-2-5-13-27(24)34(26)21-16-18-22(19-17-21)35-28-14-6-3-11-25(28)30-31(35)33-20-8-7-15-29(33)32-30;19-13-9-11-14(12-10-13)20-17-7-3-1-5-15(17)16-6-2-4-8-18(16)20;1-2-6-11-10(5-1)9-12-14(11)15-13-7-3-4-8-16(12)13;/h1-20H;1-12H;1-8H,9H2;. The highest BCUT2D eigenvalue weighted by Crippen LogP contribution is 2.38. The number of nitrogens with zero attached hydrogens (tertiary/aromatic N) is 7. The number of benzene rings is 8. The Labute approximate surface area is 424 Å². The molecular formula is C63H42BBrN7. The highest BCUT2D eigenvalue weighted by molar-refractivity contribution is 9.10. The number of pyridine rings is 2. The molecule has 16 rings (SSSR count). The third kappa shape index (κ3) is 6.88. The Morgan fingerprint density at radius 2 is 0.764 bits per heavy atom. The maximum Gasteiger partial charge on any atom is 0.150 e. The van der Waals surface area contributed by atoms with Crippen LogP contribution < -0.4 is 0 Å². The van der Waals surface area contributed by atoms with E-state index in [9.17, 15) is 0 Å². The van der Waals surface area contributed by atoms with Crippen LogP contribution in [0.5, 0.6) is 0 Å². The van der Waals surface area contributed by atoms with Crippen LogP contribution in [0.25, 0.3) is 105 Å². The molecule has 0 fully saturated rings. The summed E-state index contributed by atoms with van der Waals surface area (Å²) in [6.45, 7) is 0. The average molecular weight is 988 g/mol. The average Bonchev–Trinajstić information content (AvgIpc) is 4.28. The Bertz CT molecular complexity index is 4400. The van der Waals surface area contributed by atoms with Gasteiger partial charge in [0.25, 0.3) is 0 Å². The van der Waals surface area contributed by atoms with E-state index in [-0.39, 0.29) is 8.41 Å². The lowest BCUT2D eigenvalue weighted by Gasteiger charge is -2.11. The second kappa shape index (κ2) is 17.5. The molecule has 0 N–H and O–H groups in total. The Morgan fingerprint density at radius 1 is 0.361 bits per heavy atom. The quantitative estimate of drug-likeness (QED) is 0.166. The van der Waals surface area contributed by atoms with Crippen LogP contribution in [0.1, 0.15) is 11.3 Å². The first-order chi connectivity index (χ1) is 35.2. The fraction of sp³-hybridized carbons (Fsp3) is 0.0159. The number of fused-ring (bicyclic) bond motifs is 16. The van der Waals surface area contributed by atoms with Gasteiger partial charge in [-0.1, -0.05) is 143 Å². The number of aromatic nitrogens is 7. The molecule has 0 amide bonds. The largest absolute Gasteiger partial charge is 0.309 e. The first kappa shape index (κ1) is 43.1. The van der Waals surface area contributed by atoms with Gasteiger partial charge in [0.15, 0.2) is 5.65 Å². The molecule has 0 bridgehead atoms. The Morgan fingerprint density at radius 3 is 1.31 bits per heavy atom. The Balaban J connectivity index is 0.000000115. The van der Waals surface area contributed by atoms with Crippen molar-refractivity contribution < 1.29 is 0 Å². The highest BCUT2D eigenvalue weighted by Gasteiger charge is 2.23. The molecule has 7 heterocycles. The van der Waals surface area contributed by atoms with Crippen LogP contribution in [0.3, 0.4) is 0 Å². The molecule has 3 radical (unpaired) electrons. The molecular weight excluding hydrogens is 945 g/mol. The summed E-state index contributed by atoms with van der Waals surface area (Å²) in [7, 11) is 0. The van der Waals surface area contributed by atoms with Crippen molar-refractivity contribution in [2.75, 3.05) is 0 Å². The fourth-order valence-electron chi connectivity index (χ4n) is 10.9. The first-order valence-electron chi connectivity index (χ1n) is 23.9. The van der Waals surface area contributed by atoms with Crippen LogP contribution >= 0.6 is 15.9 Å². The van der Waals surface area contributed by atoms with Gasteiger partial charge in [0, 0.05) is 81.3 Å². The van der Waals surface area contributed by atoms with Crippen LogP contribution in [-0.2, 0) is 6.42 Å². The predicted octanol–water partition coefficient (Wildman–Crippen LogP) is 15.6. The van der Waals surface area contributed by atoms with E-state index in [1.54, 1.807) is 0 Å². The minimum absolute atomic E-state index is 0. The molecule has 1 aliphatic rings. The zero-order valence-electron chi connectivity index (χ0n) is 38.9. The topological polar surface area (TPSA) is 49.4 Å². The minimum atomic E-state index is 0. The Kier molecular flexibility index (Phi) is 10.5. The number of imidazole rings is 2. The molecule has 0 aliphatic heterocycles. The number of hydrogen-bond acceptors (Lipinski definition) is 2. The third-order valence-corrected chi connectivity index (χ3v) is 14.5. The van der Waals surface area contributed by atoms with E-state index in [1.165, 1.54) is 66.1 Å². The third-order valence-electron chi connectivity index (χ3n) is 14.0. The molecule has 0 unspecified atom stereocenters. The molecule has 8 aromatic carbocycles. The van der Waals surface area contributed by atoms with Crippen LogP contribution in [0, 0.1) is 0 Å². The van der Waals surface area contributed by atoms with Gasteiger partial charge in [-0.2, -0.15) is 0 Å². The molecule has 0 saturated heterocycles. The van der Waals surface area contributed by atoms with Crippen molar-refractivity contribution >= 4 is 101 Å². The molecule has 7 aromatic heterocycles. The molecule has 1 aliphatic carbocycles. The van der Waals surface area contributed by atoms with Gasteiger partial charge in [-0.3, -0.25) is 8.97 Å². The van der Waals surface area contributed by atoms with Gasteiger partial charge in [-0.25, -0.2) is 9.97 Å². The molecule has 0 spiro atoms. The van der Waals surface area contributed by atoms with Gasteiger partial charge >= 0.3 is 0 Å². The van der Waals surface area contributed by atoms with Crippen LogP contribution in [-0.4, -0.2) is 40.9 Å². The molecule has 72 heavy (non-hydrogen) atoms. The zero-order valence-corrected chi connectivity index (χ0v) is 40.5. The summed E-state index contributed by atoms with van der Waals surface area (Å²) in [6.07, 6.45) is 5.18. The maximum absolute atomic E-state index is 4.95. The second-order valence-corrected chi connectivity index (χ2v) is 18.9. The van der Waals surface area contributed by atoms with Crippen molar-refractivity contribution in [3.05, 3.63) is 259 Å². The summed E-state index contributed by atoms with van der Waals surface area (Å²) in [5, 5.41) is 6.31. The van der Waals surface area contributed by atoms with E-state index in [0.29, 0.717) is 0 Å². The normalized spacial score (nSPS) is 11.8. The summed E-state index contributed by atoms with van der Waals surface area (Å²) in [6, 6.07) is 81.0. The van der Waals surface area contributed by atoms with E-state index in [0.717, 1.165) is 61.3 Å². The Hall–Kier alpha value is -8.92. The van der Waals surface area contributed by atoms with Crippen molar-refractivity contribution in [2.45, 2.75) is 6.42 Å². The lowest BCUT2D eigenvalue weighted by molar-refractivity contribution is 1.05. The number of hydrogen-bond donors (Lipinski definition) is 0. The summed E-state index contributed by atoms with van der Waals surface area (Å²) in [5.41, 5.74) is 18.8. The van der Waals surface area contributed by atoms with E-state index in [2.05, 4.69) is 269 Å². The van der Waals surface area contributed by atoms with E-state index >= 15 is 0 Å². The van der Waals surface area contributed by atoms with Gasteiger partial charge in [0.05, 0.1) is 39.0 Å². The minimum Gasteiger partial charge on any atom is -0.309 e. The number of para-hydroxylation sites is 5. The summed E-state index contributed by atoms with van der Waals surface area (Å²) in [4.78, 5) is 9.65. The van der Waals surface area contributed by atoms with Crippen LogP contribution in [0.15, 0.2) is 247 Å². The summed E-state index contributed by atoms with van der Waals surface area (Å²) < 4.78 is 12.5. The van der Waals surface area contributed by atoms with Gasteiger partial charge in [0.1, 0.15) is 16.8 Å². The zero-order chi connectivity index (χ0) is 47.0. The number of rotatable bonds is 3. The summed E-state index contributed by atoms with van der Waals surface area (Å²) >= 11 is 3.50. The molecule has 0 saturated carbocycles. The maximum atomic E-state index is 4.95. The van der Waals surface area contributed by atoms with Gasteiger partial charge < -0.3 is 13.5 Å². The smallest absolute Gasteiger partial charge is 0.150 e. The molecule has 15 aromatic rings. The van der Waals surface area contributed by atoms with Gasteiger partial charge in [-0.15, -0.1) is 0 Å². The van der Waals surface area contributed by atoms with Gasteiger partial charge in [-0.05, 0) is 109 Å². The van der Waals surface area contributed by atoms with Crippen LogP contribution in [0.2, 0.25) is 0 Å². The highest BCUT2D eigenvalue weighted by atomic mass is 79.9.